The highest BCUT2D eigenvalue weighted by molar-refractivity contribution is 7.98. The van der Waals surface area contributed by atoms with Crippen LogP contribution in [0.1, 0.15) is 19.3 Å². The van der Waals surface area contributed by atoms with Gasteiger partial charge in [-0.25, -0.2) is 4.98 Å². The monoisotopic (exact) mass is 279 g/mol. The van der Waals surface area contributed by atoms with Crippen LogP contribution >= 0.6 is 11.8 Å². The van der Waals surface area contributed by atoms with Gasteiger partial charge in [0.2, 0.25) is 0 Å². The average Bonchev–Trinajstić information content (AvgIpc) is 2.77. The zero-order valence-corrected chi connectivity index (χ0v) is 10.7. The first-order chi connectivity index (χ1) is 8.56. The van der Waals surface area contributed by atoms with Crippen LogP contribution in [0.25, 0.3) is 0 Å². The second-order valence-electron chi connectivity index (χ2n) is 3.40. The molecular weight excluding hydrogens is 264 g/mol. The molecule has 1 atom stereocenters. The average molecular weight is 279 g/mol. The molecule has 0 aromatic carbocycles. The van der Waals surface area contributed by atoms with Crippen LogP contribution in [0.3, 0.4) is 0 Å². The number of rotatable bonds is 7. The van der Waals surface area contributed by atoms with Crippen molar-refractivity contribution in [1.29, 1.82) is 0 Å². The van der Waals surface area contributed by atoms with E-state index < -0.39 is 18.6 Å². The molecule has 5 nitrogen and oxygen atoms in total. The maximum Gasteiger partial charge on any atom is 0.323 e. The summed E-state index contributed by atoms with van der Waals surface area (Å²) >= 11 is 1.26. The first-order valence-corrected chi connectivity index (χ1v) is 6.51. The fourth-order valence-corrected chi connectivity index (χ4v) is 2.14. The van der Waals surface area contributed by atoms with Crippen molar-refractivity contribution in [3.63, 3.8) is 0 Å². The molecule has 0 aliphatic heterocycles. The number of imidazole rings is 1. The molecule has 8 heteroatoms. The third kappa shape index (κ3) is 4.26. The molecule has 0 amide bonds. The number of ether oxygens (including phenoxy) is 1. The van der Waals surface area contributed by atoms with E-state index in [4.69, 9.17) is 10.5 Å². The van der Waals surface area contributed by atoms with E-state index in [0.717, 1.165) is 4.57 Å². The predicted octanol–water partition coefficient (Wildman–Crippen LogP) is 1.40. The van der Waals surface area contributed by atoms with E-state index >= 15 is 0 Å². The molecule has 0 aliphatic rings. The molecule has 1 aromatic rings. The zero-order valence-electron chi connectivity index (χ0n) is 9.88. The van der Waals surface area contributed by atoms with Crippen molar-refractivity contribution in [1.82, 2.24) is 9.55 Å². The summed E-state index contributed by atoms with van der Waals surface area (Å²) in [5, 5.41) is 0. The lowest BCUT2D eigenvalue weighted by Gasteiger charge is -2.10. The van der Waals surface area contributed by atoms with Gasteiger partial charge in [-0.05, 0) is 6.92 Å². The summed E-state index contributed by atoms with van der Waals surface area (Å²) in [5.74, 6) is 0.340. The van der Waals surface area contributed by atoms with E-state index in [1.807, 2.05) is 0 Å². The van der Waals surface area contributed by atoms with Gasteiger partial charge < -0.3 is 10.5 Å². The number of hydrogen-bond donors (Lipinski definition) is 1. The lowest BCUT2D eigenvalue weighted by atomic mass is 10.4. The molecule has 1 heterocycles. The van der Waals surface area contributed by atoms with Crippen molar-refractivity contribution in [2.24, 2.45) is 5.73 Å². The van der Waals surface area contributed by atoms with E-state index in [9.17, 15) is 13.6 Å². The predicted molar refractivity (Wildman–Crippen MR) is 64.3 cm³/mol. The Kier molecular flexibility index (Phi) is 6.06. The van der Waals surface area contributed by atoms with Crippen LogP contribution in [0.4, 0.5) is 8.78 Å². The Bertz CT molecular complexity index is 387. The number of hydrogen-bond acceptors (Lipinski definition) is 5. The summed E-state index contributed by atoms with van der Waals surface area (Å²) in [6.07, 6.45) is 2.53. The second kappa shape index (κ2) is 7.32. The third-order valence-electron chi connectivity index (χ3n) is 2.08. The van der Waals surface area contributed by atoms with Crippen LogP contribution in [-0.2, 0) is 15.3 Å². The normalized spacial score (nSPS) is 12.7. The minimum atomic E-state index is -2.61. The fourth-order valence-electron chi connectivity index (χ4n) is 1.23. The molecular formula is C10H15F2N3O2S. The van der Waals surface area contributed by atoms with E-state index in [-0.39, 0.29) is 18.2 Å². The number of carbonyl (C=O) groups is 1. The van der Waals surface area contributed by atoms with E-state index in [0.29, 0.717) is 5.75 Å². The Hall–Kier alpha value is -1.15. The molecule has 0 aliphatic carbocycles. The summed E-state index contributed by atoms with van der Waals surface area (Å²) < 4.78 is 30.5. The van der Waals surface area contributed by atoms with Crippen LogP contribution in [0.2, 0.25) is 0 Å². The molecule has 0 fully saturated rings. The van der Waals surface area contributed by atoms with Gasteiger partial charge in [-0.1, -0.05) is 0 Å². The highest BCUT2D eigenvalue weighted by Gasteiger charge is 2.16. The van der Waals surface area contributed by atoms with Gasteiger partial charge in [-0.15, -0.1) is 0 Å². The van der Waals surface area contributed by atoms with Crippen LogP contribution in [0.5, 0.6) is 0 Å². The van der Waals surface area contributed by atoms with Gasteiger partial charge in [-0.2, -0.15) is 20.5 Å². The number of aromatic nitrogens is 2. The van der Waals surface area contributed by atoms with Gasteiger partial charge in [0.25, 0.3) is 0 Å². The Morgan fingerprint density at radius 2 is 2.39 bits per heavy atom. The van der Waals surface area contributed by atoms with Crippen LogP contribution < -0.4 is 5.73 Å². The molecule has 0 radical (unpaired) electrons. The van der Waals surface area contributed by atoms with Gasteiger partial charge in [-0.3, -0.25) is 9.36 Å². The maximum absolute atomic E-state index is 12.5. The Morgan fingerprint density at radius 1 is 1.67 bits per heavy atom. The summed E-state index contributed by atoms with van der Waals surface area (Å²) in [5.41, 5.74) is 5.57. The molecule has 1 rings (SSSR count). The molecule has 1 aromatic heterocycles. The van der Waals surface area contributed by atoms with Gasteiger partial charge in [0.1, 0.15) is 11.9 Å². The fraction of sp³-hybridized carbons (Fsp3) is 0.600. The molecule has 0 saturated carbocycles. The number of alkyl halides is 2. The summed E-state index contributed by atoms with van der Waals surface area (Å²) in [7, 11) is 0. The van der Waals surface area contributed by atoms with Gasteiger partial charge >= 0.3 is 12.5 Å². The first kappa shape index (κ1) is 14.9. The largest absolute Gasteiger partial charge is 0.465 e. The number of carbonyl (C=O) groups excluding carboxylic acids is 1. The highest BCUT2D eigenvalue weighted by Crippen LogP contribution is 2.17. The minimum Gasteiger partial charge on any atom is -0.465 e. The lowest BCUT2D eigenvalue weighted by molar-refractivity contribution is -0.144. The number of halogens is 2. The molecule has 0 saturated heterocycles. The standard InChI is InChI=1S/C10H15F2N3O2S/c1-2-17-9(16)7(13)5-18-6-8-14-3-4-15(8)10(11)12/h3-4,7,10H,2,5-6,13H2,1H3. The van der Waals surface area contributed by atoms with Crippen LogP contribution in [-0.4, -0.2) is 33.9 Å². The number of nitrogens with zero attached hydrogens (tertiary/aromatic N) is 2. The second-order valence-corrected chi connectivity index (χ2v) is 4.43. The van der Waals surface area contributed by atoms with Crippen molar-refractivity contribution < 1.29 is 18.3 Å². The summed E-state index contributed by atoms with van der Waals surface area (Å²) in [6, 6.07) is -0.745. The topological polar surface area (TPSA) is 70.1 Å². The van der Waals surface area contributed by atoms with Crippen LogP contribution in [0.15, 0.2) is 12.4 Å². The highest BCUT2D eigenvalue weighted by atomic mass is 32.2. The zero-order chi connectivity index (χ0) is 13.5. The SMILES string of the molecule is CCOC(=O)C(N)CSCc1nccn1C(F)F. The molecule has 102 valence electrons. The molecule has 18 heavy (non-hydrogen) atoms. The number of nitrogens with two attached hydrogens (primary N) is 1. The lowest BCUT2D eigenvalue weighted by Crippen LogP contribution is -2.34. The van der Waals surface area contributed by atoms with Gasteiger partial charge in [0.05, 0.1) is 12.4 Å². The quantitative estimate of drug-likeness (QED) is 0.764. The Labute approximate surface area is 108 Å². The van der Waals surface area contributed by atoms with E-state index in [1.165, 1.54) is 24.2 Å². The van der Waals surface area contributed by atoms with Crippen molar-refractivity contribution in [2.75, 3.05) is 12.4 Å². The van der Waals surface area contributed by atoms with Crippen LogP contribution in [0, 0.1) is 0 Å². The van der Waals surface area contributed by atoms with Crippen molar-refractivity contribution >= 4 is 17.7 Å². The van der Waals surface area contributed by atoms with E-state index in [2.05, 4.69) is 4.98 Å². The minimum absolute atomic E-state index is 0.256. The number of esters is 1. The molecule has 0 spiro atoms. The third-order valence-corrected chi connectivity index (χ3v) is 3.13. The first-order valence-electron chi connectivity index (χ1n) is 5.36. The summed E-state index contributed by atoms with van der Waals surface area (Å²) in [4.78, 5) is 15.0. The molecule has 2 N–H and O–H groups in total. The molecule has 0 bridgehead atoms. The van der Waals surface area contributed by atoms with Gasteiger partial charge in [0.15, 0.2) is 0 Å². The summed E-state index contributed by atoms with van der Waals surface area (Å²) in [6.45, 7) is -0.647. The smallest absolute Gasteiger partial charge is 0.323 e. The van der Waals surface area contributed by atoms with Crippen molar-refractivity contribution in [2.45, 2.75) is 25.3 Å². The number of thioether (sulfide) groups is 1. The van der Waals surface area contributed by atoms with Crippen molar-refractivity contribution in [3.05, 3.63) is 18.2 Å². The maximum atomic E-state index is 12.5. The van der Waals surface area contributed by atoms with E-state index in [1.54, 1.807) is 6.92 Å². The van der Waals surface area contributed by atoms with Gasteiger partial charge in [0, 0.05) is 18.1 Å². The Morgan fingerprint density at radius 3 is 3.00 bits per heavy atom. The molecule has 1 unspecified atom stereocenters. The van der Waals surface area contributed by atoms with Crippen molar-refractivity contribution in [3.8, 4) is 0 Å². The Balaban J connectivity index is 2.37.